The van der Waals surface area contributed by atoms with Gasteiger partial charge in [-0.2, -0.15) is 0 Å². The highest BCUT2D eigenvalue weighted by molar-refractivity contribution is 9.10. The molecule has 0 spiro atoms. The molecule has 5 nitrogen and oxygen atoms in total. The number of urea groups is 1. The summed E-state index contributed by atoms with van der Waals surface area (Å²) in [5.41, 5.74) is 2.31. The fourth-order valence-corrected chi connectivity index (χ4v) is 3.63. The van der Waals surface area contributed by atoms with Gasteiger partial charge in [-0.25, -0.2) is 4.79 Å². The first kappa shape index (κ1) is 19.4. The van der Waals surface area contributed by atoms with Crippen molar-refractivity contribution in [2.24, 2.45) is 0 Å². The van der Waals surface area contributed by atoms with Crippen LogP contribution in [-0.4, -0.2) is 29.9 Å². The average Bonchev–Trinajstić information content (AvgIpc) is 3.17. The van der Waals surface area contributed by atoms with E-state index in [4.69, 9.17) is 0 Å². The van der Waals surface area contributed by atoms with E-state index in [9.17, 15) is 9.59 Å². The number of amides is 3. The van der Waals surface area contributed by atoms with Gasteiger partial charge in [0.05, 0.1) is 0 Å². The molecule has 1 saturated carbocycles. The van der Waals surface area contributed by atoms with Gasteiger partial charge in [0.15, 0.2) is 0 Å². The smallest absolute Gasteiger partial charge is 0.321 e. The zero-order valence-electron chi connectivity index (χ0n) is 15.4. The van der Waals surface area contributed by atoms with Gasteiger partial charge in [-0.15, -0.1) is 0 Å². The maximum atomic E-state index is 12.4. The summed E-state index contributed by atoms with van der Waals surface area (Å²) < 4.78 is 0.974. The standard InChI is InChI=1S/C21H24BrN3O2/c1-25(14-16-6-2-5-9-19(16)22)21(27)24-18-12-10-15(11-13-18)20(26)23-17-7-3-4-8-17/h2,5-6,9-13,17H,3-4,7-8,14H2,1H3,(H,23,26)(H,24,27). The maximum Gasteiger partial charge on any atom is 0.321 e. The third-order valence-corrected chi connectivity index (χ3v) is 5.57. The molecule has 0 bridgehead atoms. The number of rotatable bonds is 5. The van der Waals surface area contributed by atoms with E-state index < -0.39 is 0 Å². The van der Waals surface area contributed by atoms with Gasteiger partial charge in [0.25, 0.3) is 5.91 Å². The molecule has 2 aromatic carbocycles. The van der Waals surface area contributed by atoms with Crippen molar-refractivity contribution in [1.29, 1.82) is 0 Å². The van der Waals surface area contributed by atoms with Crippen molar-refractivity contribution in [3.8, 4) is 0 Å². The zero-order chi connectivity index (χ0) is 19.2. The minimum Gasteiger partial charge on any atom is -0.349 e. The van der Waals surface area contributed by atoms with Crippen LogP contribution >= 0.6 is 15.9 Å². The van der Waals surface area contributed by atoms with Crippen LogP contribution in [-0.2, 0) is 6.54 Å². The van der Waals surface area contributed by atoms with Crippen LogP contribution in [0.4, 0.5) is 10.5 Å². The molecular weight excluding hydrogens is 406 g/mol. The Hall–Kier alpha value is -2.34. The average molecular weight is 430 g/mol. The predicted octanol–water partition coefficient (Wildman–Crippen LogP) is 4.79. The van der Waals surface area contributed by atoms with Crippen molar-refractivity contribution in [3.63, 3.8) is 0 Å². The Balaban J connectivity index is 1.54. The van der Waals surface area contributed by atoms with Crippen molar-refractivity contribution in [1.82, 2.24) is 10.2 Å². The van der Waals surface area contributed by atoms with Crippen LogP contribution in [0.3, 0.4) is 0 Å². The van der Waals surface area contributed by atoms with Gasteiger partial charge < -0.3 is 15.5 Å². The number of hydrogen-bond acceptors (Lipinski definition) is 2. The topological polar surface area (TPSA) is 61.4 Å². The van der Waals surface area contributed by atoms with E-state index in [0.29, 0.717) is 23.8 Å². The highest BCUT2D eigenvalue weighted by Crippen LogP contribution is 2.19. The number of nitrogens with zero attached hydrogens (tertiary/aromatic N) is 1. The van der Waals surface area contributed by atoms with Crippen molar-refractivity contribution in [3.05, 3.63) is 64.1 Å². The van der Waals surface area contributed by atoms with Crippen LogP contribution in [0.25, 0.3) is 0 Å². The SMILES string of the molecule is CN(Cc1ccccc1Br)C(=O)Nc1ccc(C(=O)NC2CCCC2)cc1. The quantitative estimate of drug-likeness (QED) is 0.717. The number of carbonyl (C=O) groups excluding carboxylic acids is 2. The van der Waals surface area contributed by atoms with E-state index in [1.807, 2.05) is 24.3 Å². The second-order valence-corrected chi connectivity index (χ2v) is 7.76. The Kier molecular flexibility index (Phi) is 6.50. The first-order valence-corrected chi connectivity index (χ1v) is 9.98. The molecule has 2 aromatic rings. The Bertz CT molecular complexity index is 801. The van der Waals surface area contributed by atoms with Crippen molar-refractivity contribution >= 4 is 33.6 Å². The van der Waals surface area contributed by atoms with E-state index in [0.717, 1.165) is 22.9 Å². The van der Waals surface area contributed by atoms with Crippen LogP contribution in [0, 0.1) is 0 Å². The third-order valence-electron chi connectivity index (χ3n) is 4.80. The normalized spacial score (nSPS) is 14.0. The molecule has 6 heteroatoms. The van der Waals surface area contributed by atoms with Crippen molar-refractivity contribution < 1.29 is 9.59 Å². The molecule has 0 unspecified atom stereocenters. The summed E-state index contributed by atoms with van der Waals surface area (Å²) in [6.45, 7) is 0.495. The molecule has 3 rings (SSSR count). The summed E-state index contributed by atoms with van der Waals surface area (Å²) in [5, 5.41) is 5.93. The lowest BCUT2D eigenvalue weighted by atomic mass is 10.1. The Morgan fingerprint density at radius 1 is 1.07 bits per heavy atom. The fourth-order valence-electron chi connectivity index (χ4n) is 3.22. The van der Waals surface area contributed by atoms with Crippen LogP contribution in [0.5, 0.6) is 0 Å². The fraction of sp³-hybridized carbons (Fsp3) is 0.333. The van der Waals surface area contributed by atoms with Gasteiger partial charge in [-0.1, -0.05) is 47.0 Å². The number of anilines is 1. The van der Waals surface area contributed by atoms with Gasteiger partial charge in [0, 0.05) is 35.4 Å². The summed E-state index contributed by atoms with van der Waals surface area (Å²) in [6.07, 6.45) is 4.49. The number of carbonyl (C=O) groups is 2. The molecule has 1 aliphatic carbocycles. The molecule has 0 atom stereocenters. The molecule has 0 aromatic heterocycles. The monoisotopic (exact) mass is 429 g/mol. The minimum absolute atomic E-state index is 0.0502. The first-order chi connectivity index (χ1) is 13.0. The lowest BCUT2D eigenvalue weighted by Gasteiger charge is -2.19. The summed E-state index contributed by atoms with van der Waals surface area (Å²) in [5.74, 6) is -0.0502. The maximum absolute atomic E-state index is 12.4. The van der Waals surface area contributed by atoms with Gasteiger partial charge in [0.2, 0.25) is 0 Å². The van der Waals surface area contributed by atoms with E-state index in [2.05, 4.69) is 26.6 Å². The largest absolute Gasteiger partial charge is 0.349 e. The molecule has 0 radical (unpaired) electrons. The van der Waals surface area contributed by atoms with E-state index >= 15 is 0 Å². The highest BCUT2D eigenvalue weighted by atomic mass is 79.9. The Morgan fingerprint density at radius 2 is 1.74 bits per heavy atom. The number of halogens is 1. The van der Waals surface area contributed by atoms with Crippen LogP contribution in [0.1, 0.15) is 41.6 Å². The zero-order valence-corrected chi connectivity index (χ0v) is 17.0. The van der Waals surface area contributed by atoms with Crippen molar-refractivity contribution in [2.75, 3.05) is 12.4 Å². The molecule has 1 fully saturated rings. The lowest BCUT2D eigenvalue weighted by molar-refractivity contribution is 0.0938. The van der Waals surface area contributed by atoms with Crippen LogP contribution in [0.15, 0.2) is 53.0 Å². The van der Waals surface area contributed by atoms with Gasteiger partial charge in [-0.3, -0.25) is 4.79 Å². The van der Waals surface area contributed by atoms with Crippen LogP contribution < -0.4 is 10.6 Å². The van der Waals surface area contributed by atoms with Gasteiger partial charge in [-0.05, 0) is 48.7 Å². The summed E-state index contributed by atoms with van der Waals surface area (Å²) in [6, 6.07) is 14.9. The molecule has 0 heterocycles. The number of benzene rings is 2. The molecule has 3 amide bonds. The highest BCUT2D eigenvalue weighted by Gasteiger charge is 2.18. The molecule has 2 N–H and O–H groups in total. The van der Waals surface area contributed by atoms with E-state index in [1.165, 1.54) is 12.8 Å². The van der Waals surface area contributed by atoms with Crippen LogP contribution in [0.2, 0.25) is 0 Å². The molecule has 142 valence electrons. The van der Waals surface area contributed by atoms with Gasteiger partial charge in [0.1, 0.15) is 0 Å². The minimum atomic E-state index is -0.200. The molecule has 0 saturated heterocycles. The number of nitrogens with one attached hydrogen (secondary N) is 2. The second-order valence-electron chi connectivity index (χ2n) is 6.91. The number of hydrogen-bond donors (Lipinski definition) is 2. The van der Waals surface area contributed by atoms with E-state index in [1.54, 1.807) is 36.2 Å². The Labute approximate surface area is 168 Å². The van der Waals surface area contributed by atoms with Gasteiger partial charge >= 0.3 is 6.03 Å². The summed E-state index contributed by atoms with van der Waals surface area (Å²) in [7, 11) is 1.75. The lowest BCUT2D eigenvalue weighted by Crippen LogP contribution is -2.32. The third kappa shape index (κ3) is 5.32. The van der Waals surface area contributed by atoms with Crippen molar-refractivity contribution in [2.45, 2.75) is 38.3 Å². The second kappa shape index (κ2) is 9.04. The first-order valence-electron chi connectivity index (χ1n) is 9.19. The summed E-state index contributed by atoms with van der Waals surface area (Å²) >= 11 is 3.50. The Morgan fingerprint density at radius 3 is 2.41 bits per heavy atom. The molecule has 1 aliphatic rings. The van der Waals surface area contributed by atoms with E-state index in [-0.39, 0.29) is 11.9 Å². The molecular formula is C21H24BrN3O2. The molecule has 27 heavy (non-hydrogen) atoms. The molecule has 0 aliphatic heterocycles. The summed E-state index contributed by atoms with van der Waals surface area (Å²) in [4.78, 5) is 26.3. The predicted molar refractivity (Wildman–Crippen MR) is 111 cm³/mol.